The topological polar surface area (TPSA) is 79.5 Å². The van der Waals surface area contributed by atoms with Gasteiger partial charge in [0, 0.05) is 15.3 Å². The van der Waals surface area contributed by atoms with E-state index in [-0.39, 0.29) is 11.8 Å². The van der Waals surface area contributed by atoms with E-state index in [0.717, 1.165) is 9.13 Å². The van der Waals surface area contributed by atoms with E-state index in [2.05, 4.69) is 38.8 Å². The molecule has 0 saturated heterocycles. The third kappa shape index (κ3) is 5.48. The van der Waals surface area contributed by atoms with Crippen LogP contribution in [0.1, 0.15) is 22.8 Å². The van der Waals surface area contributed by atoms with Gasteiger partial charge in [0.1, 0.15) is 5.75 Å². The summed E-state index contributed by atoms with van der Waals surface area (Å²) in [6.45, 7) is 3.61. The highest BCUT2D eigenvalue weighted by Gasteiger charge is 2.09. The highest BCUT2D eigenvalue weighted by atomic mass is 127. The number of carbonyl (C=O) groups is 2. The molecule has 0 unspecified atom stereocenters. The highest BCUT2D eigenvalue weighted by Crippen LogP contribution is 2.25. The molecule has 2 rings (SSSR count). The lowest BCUT2D eigenvalue weighted by molar-refractivity contribution is -0.112. The molecule has 0 aliphatic carbocycles. The van der Waals surface area contributed by atoms with Crippen LogP contribution in [0.15, 0.2) is 54.2 Å². The molecule has 3 N–H and O–H groups in total. The fourth-order valence-electron chi connectivity index (χ4n) is 2.19. The summed E-state index contributed by atoms with van der Waals surface area (Å²) < 4.78 is 6.08. The maximum Gasteiger partial charge on any atom is 0.270 e. The number of amides is 2. The van der Waals surface area contributed by atoms with E-state index in [9.17, 15) is 9.59 Å². The van der Waals surface area contributed by atoms with Crippen LogP contribution in [0.4, 0.5) is 5.69 Å². The molecule has 7 heteroatoms. The molecule has 2 amide bonds. The molecule has 26 heavy (non-hydrogen) atoms. The van der Waals surface area contributed by atoms with Gasteiger partial charge in [-0.25, -0.2) is 0 Å². The van der Waals surface area contributed by atoms with Crippen LogP contribution in [0.3, 0.4) is 0 Å². The van der Waals surface area contributed by atoms with Crippen LogP contribution >= 0.6 is 22.6 Å². The van der Waals surface area contributed by atoms with Crippen molar-refractivity contribution < 1.29 is 14.3 Å². The molecule has 0 bridgehead atoms. The first-order valence-electron chi connectivity index (χ1n) is 7.85. The Balaban J connectivity index is 1.97. The van der Waals surface area contributed by atoms with E-state index >= 15 is 0 Å². The van der Waals surface area contributed by atoms with Crippen LogP contribution in [-0.4, -0.2) is 18.9 Å². The molecular formula is C19H20IN3O3. The Morgan fingerprint density at radius 1 is 1.12 bits per heavy atom. The third-order valence-corrected chi connectivity index (χ3v) is 4.39. The summed E-state index contributed by atoms with van der Waals surface area (Å²) in [4.78, 5) is 24.3. The largest absolute Gasteiger partial charge is 0.495 e. The van der Waals surface area contributed by atoms with E-state index in [4.69, 9.17) is 4.74 Å². The number of carbonyl (C=O) groups excluding carboxylic acids is 2. The second-order valence-corrected chi connectivity index (χ2v) is 6.74. The number of hydrogen-bond acceptors (Lipinski definition) is 4. The molecule has 2 aromatic carbocycles. The van der Waals surface area contributed by atoms with Gasteiger partial charge in [-0.2, -0.15) is 0 Å². The van der Waals surface area contributed by atoms with Crippen molar-refractivity contribution in [2.75, 3.05) is 12.4 Å². The summed E-state index contributed by atoms with van der Waals surface area (Å²) in [5.41, 5.74) is 7.95. The summed E-state index contributed by atoms with van der Waals surface area (Å²) in [6, 6.07) is 12.8. The Labute approximate surface area is 166 Å². The minimum absolute atomic E-state index is 0.275. The van der Waals surface area contributed by atoms with Crippen LogP contribution in [0.2, 0.25) is 0 Å². The number of benzene rings is 2. The molecule has 0 aliphatic rings. The number of hydrazine groups is 1. The maximum atomic E-state index is 12.2. The molecule has 0 saturated carbocycles. The standard InChI is InChI=1S/C19H20IN3O3/c1-12-8-9-17(26-3)16(10-12)21-18(24)11-13(2)22-23-19(25)14-6-4-5-7-15(14)20/h4-11,22H,1-3H3,(H,21,24)(H,23,25). The van der Waals surface area contributed by atoms with Gasteiger partial charge in [0.05, 0.1) is 18.4 Å². The van der Waals surface area contributed by atoms with Gasteiger partial charge >= 0.3 is 0 Å². The van der Waals surface area contributed by atoms with Gasteiger partial charge in [-0.15, -0.1) is 0 Å². The number of anilines is 1. The first-order valence-corrected chi connectivity index (χ1v) is 8.93. The summed E-state index contributed by atoms with van der Waals surface area (Å²) in [6.07, 6.45) is 1.36. The monoisotopic (exact) mass is 465 g/mol. The molecule has 2 aromatic rings. The smallest absolute Gasteiger partial charge is 0.270 e. The lowest BCUT2D eigenvalue weighted by atomic mass is 10.2. The van der Waals surface area contributed by atoms with Crippen molar-refractivity contribution in [1.82, 2.24) is 10.9 Å². The molecule has 0 heterocycles. The van der Waals surface area contributed by atoms with Gasteiger partial charge in [0.15, 0.2) is 0 Å². The van der Waals surface area contributed by atoms with Gasteiger partial charge in [0.2, 0.25) is 5.91 Å². The van der Waals surface area contributed by atoms with Crippen molar-refractivity contribution in [3.63, 3.8) is 0 Å². The molecule has 0 fully saturated rings. The van der Waals surface area contributed by atoms with Crippen molar-refractivity contribution in [3.05, 3.63) is 68.9 Å². The SMILES string of the molecule is COc1ccc(C)cc1NC(=O)C=C(C)NNC(=O)c1ccccc1I. The molecular weight excluding hydrogens is 445 g/mol. The van der Waals surface area contributed by atoms with Crippen LogP contribution in [-0.2, 0) is 4.79 Å². The Morgan fingerprint density at radius 2 is 1.85 bits per heavy atom. The van der Waals surface area contributed by atoms with Crippen molar-refractivity contribution in [2.24, 2.45) is 0 Å². The van der Waals surface area contributed by atoms with Crippen LogP contribution in [0.25, 0.3) is 0 Å². The minimum atomic E-state index is -0.331. The van der Waals surface area contributed by atoms with E-state index in [0.29, 0.717) is 22.7 Å². The zero-order chi connectivity index (χ0) is 19.1. The molecule has 0 aromatic heterocycles. The van der Waals surface area contributed by atoms with Crippen molar-refractivity contribution in [3.8, 4) is 5.75 Å². The van der Waals surface area contributed by atoms with E-state index in [1.54, 1.807) is 32.2 Å². The average molecular weight is 465 g/mol. The first kappa shape index (κ1) is 19.8. The van der Waals surface area contributed by atoms with Crippen LogP contribution in [0, 0.1) is 10.5 Å². The maximum absolute atomic E-state index is 12.2. The highest BCUT2D eigenvalue weighted by molar-refractivity contribution is 14.1. The number of methoxy groups -OCH3 is 1. The lowest BCUT2D eigenvalue weighted by Crippen LogP contribution is -2.36. The van der Waals surface area contributed by atoms with Crippen LogP contribution in [0.5, 0.6) is 5.75 Å². The number of allylic oxidation sites excluding steroid dienone is 1. The number of ether oxygens (including phenoxy) is 1. The van der Waals surface area contributed by atoms with Crippen LogP contribution < -0.4 is 20.9 Å². The minimum Gasteiger partial charge on any atom is -0.495 e. The molecule has 0 spiro atoms. The second kappa shape index (κ2) is 9.23. The normalized spacial score (nSPS) is 10.8. The summed E-state index contributed by atoms with van der Waals surface area (Å²) >= 11 is 2.10. The summed E-state index contributed by atoms with van der Waals surface area (Å²) in [5, 5.41) is 2.77. The van der Waals surface area contributed by atoms with E-state index < -0.39 is 0 Å². The quantitative estimate of drug-likeness (QED) is 0.347. The predicted molar refractivity (Wildman–Crippen MR) is 110 cm³/mol. The molecule has 0 aliphatic heterocycles. The number of hydrogen-bond donors (Lipinski definition) is 3. The van der Waals surface area contributed by atoms with Crippen molar-refractivity contribution in [1.29, 1.82) is 0 Å². The summed E-state index contributed by atoms with van der Waals surface area (Å²) in [7, 11) is 1.55. The predicted octanol–water partition coefficient (Wildman–Crippen LogP) is 3.39. The number of halogens is 1. The fraction of sp³-hybridized carbons (Fsp3) is 0.158. The van der Waals surface area contributed by atoms with Gasteiger partial charge in [-0.05, 0) is 66.3 Å². The first-order chi connectivity index (χ1) is 12.4. The zero-order valence-corrected chi connectivity index (χ0v) is 16.9. The Hall–Kier alpha value is -2.55. The summed E-state index contributed by atoms with van der Waals surface area (Å²) in [5.74, 6) is -0.0270. The van der Waals surface area contributed by atoms with E-state index in [1.807, 2.05) is 31.2 Å². The Kier molecular flexibility index (Phi) is 7.02. The molecule has 0 atom stereocenters. The third-order valence-electron chi connectivity index (χ3n) is 3.45. The Morgan fingerprint density at radius 3 is 2.54 bits per heavy atom. The number of aryl methyl sites for hydroxylation is 1. The average Bonchev–Trinajstić information content (AvgIpc) is 2.60. The number of rotatable bonds is 6. The fourth-order valence-corrected chi connectivity index (χ4v) is 2.82. The van der Waals surface area contributed by atoms with E-state index in [1.165, 1.54) is 6.08 Å². The van der Waals surface area contributed by atoms with Crippen molar-refractivity contribution >= 4 is 40.1 Å². The lowest BCUT2D eigenvalue weighted by Gasteiger charge is -2.11. The van der Waals surface area contributed by atoms with Gasteiger partial charge < -0.3 is 15.5 Å². The number of nitrogens with one attached hydrogen (secondary N) is 3. The molecule has 0 radical (unpaired) electrons. The van der Waals surface area contributed by atoms with Gasteiger partial charge in [-0.1, -0.05) is 18.2 Å². The van der Waals surface area contributed by atoms with Crippen molar-refractivity contribution in [2.45, 2.75) is 13.8 Å². The second-order valence-electron chi connectivity index (χ2n) is 5.58. The molecule has 6 nitrogen and oxygen atoms in total. The van der Waals surface area contributed by atoms with Gasteiger partial charge in [0.25, 0.3) is 5.91 Å². The Bertz CT molecular complexity index is 850. The zero-order valence-electron chi connectivity index (χ0n) is 14.7. The van der Waals surface area contributed by atoms with Gasteiger partial charge in [-0.3, -0.25) is 15.0 Å². The molecule has 136 valence electrons.